The van der Waals surface area contributed by atoms with Gasteiger partial charge in [-0.1, -0.05) is 22.7 Å². The van der Waals surface area contributed by atoms with Crippen molar-refractivity contribution < 1.29 is 0 Å². The van der Waals surface area contributed by atoms with E-state index < -0.39 is 0 Å². The van der Waals surface area contributed by atoms with Gasteiger partial charge < -0.3 is 10.6 Å². The molecular formula is C22H22N8S2. The first-order chi connectivity index (χ1) is 15.7. The number of aromatic nitrogens is 2. The molecule has 2 heterocycles. The van der Waals surface area contributed by atoms with E-state index in [2.05, 4.69) is 54.9 Å². The lowest BCUT2D eigenvalue weighted by atomic mass is 10.3. The van der Waals surface area contributed by atoms with Crippen LogP contribution in [0, 0.1) is 0 Å². The van der Waals surface area contributed by atoms with Crippen LogP contribution in [0.5, 0.6) is 0 Å². The van der Waals surface area contributed by atoms with Gasteiger partial charge in [0, 0.05) is 36.9 Å². The normalized spacial score (nSPS) is 11.4. The fraction of sp³-hybridized carbons (Fsp3) is 0.182. The Balaban J connectivity index is 1.39. The van der Waals surface area contributed by atoms with Crippen LogP contribution >= 0.6 is 22.7 Å². The van der Waals surface area contributed by atoms with Crippen molar-refractivity contribution in [3.63, 3.8) is 0 Å². The van der Waals surface area contributed by atoms with Gasteiger partial charge in [0.2, 0.25) is 10.3 Å². The number of anilines is 2. The summed E-state index contributed by atoms with van der Waals surface area (Å²) in [5.41, 5.74) is 3.68. The second-order valence-corrected chi connectivity index (χ2v) is 8.59. The minimum absolute atomic E-state index is 0.591. The molecule has 2 aromatic carbocycles. The lowest BCUT2D eigenvalue weighted by molar-refractivity contribution is 1.19. The Hall–Kier alpha value is -3.50. The minimum atomic E-state index is 0.591. The molecule has 2 N–H and O–H groups in total. The van der Waals surface area contributed by atoms with Gasteiger partial charge in [0.05, 0.1) is 21.1 Å². The molecule has 2 aromatic heterocycles. The fourth-order valence-corrected chi connectivity index (χ4v) is 4.29. The van der Waals surface area contributed by atoms with E-state index in [0.717, 1.165) is 45.6 Å². The predicted octanol–water partition coefficient (Wildman–Crippen LogP) is 7.96. The maximum atomic E-state index is 4.35. The highest BCUT2D eigenvalue weighted by atomic mass is 32.1. The molecule has 8 nitrogen and oxygen atoms in total. The number of hydrogen-bond acceptors (Lipinski definition) is 10. The average molecular weight is 463 g/mol. The van der Waals surface area contributed by atoms with E-state index in [1.165, 1.54) is 22.7 Å². The Kier molecular flexibility index (Phi) is 7.26. The SMILES string of the molecule is CCNc1ccc(/N=N/c2ncc(-c3cnc(/N=N/c4ccc(NCC)cc4)s3)s2)cc1. The summed E-state index contributed by atoms with van der Waals surface area (Å²) < 4.78 is 0. The number of azo groups is 2. The molecule has 0 atom stereocenters. The van der Waals surface area contributed by atoms with E-state index in [0.29, 0.717) is 10.3 Å². The van der Waals surface area contributed by atoms with Gasteiger partial charge in [0.1, 0.15) is 0 Å². The monoisotopic (exact) mass is 462 g/mol. The third-order valence-corrected chi connectivity index (χ3v) is 6.19. The van der Waals surface area contributed by atoms with Crippen molar-refractivity contribution in [2.24, 2.45) is 20.5 Å². The molecule has 32 heavy (non-hydrogen) atoms. The first-order valence-electron chi connectivity index (χ1n) is 10.2. The Bertz CT molecular complexity index is 1100. The average Bonchev–Trinajstić information content (AvgIpc) is 3.48. The van der Waals surface area contributed by atoms with Gasteiger partial charge >= 0.3 is 0 Å². The van der Waals surface area contributed by atoms with Gasteiger partial charge in [0.25, 0.3) is 0 Å². The summed E-state index contributed by atoms with van der Waals surface area (Å²) in [6.45, 7) is 5.89. The highest BCUT2D eigenvalue weighted by Gasteiger charge is 2.08. The highest BCUT2D eigenvalue weighted by Crippen LogP contribution is 2.37. The Morgan fingerprint density at radius 1 is 0.625 bits per heavy atom. The summed E-state index contributed by atoms with van der Waals surface area (Å²) in [5, 5.41) is 24.7. The van der Waals surface area contributed by atoms with Crippen molar-refractivity contribution in [1.29, 1.82) is 0 Å². The van der Waals surface area contributed by atoms with E-state index in [1.807, 2.05) is 48.5 Å². The lowest BCUT2D eigenvalue weighted by Gasteiger charge is -2.01. The molecule has 162 valence electrons. The molecule has 0 amide bonds. The van der Waals surface area contributed by atoms with Crippen LogP contribution < -0.4 is 10.6 Å². The van der Waals surface area contributed by atoms with Crippen molar-refractivity contribution in [3.05, 3.63) is 60.9 Å². The smallest absolute Gasteiger partial charge is 0.230 e. The Morgan fingerprint density at radius 2 is 1.03 bits per heavy atom. The van der Waals surface area contributed by atoms with Crippen molar-refractivity contribution in [2.45, 2.75) is 13.8 Å². The number of nitrogens with zero attached hydrogens (tertiary/aromatic N) is 6. The molecule has 0 saturated carbocycles. The third kappa shape index (κ3) is 5.80. The van der Waals surface area contributed by atoms with E-state index in [1.54, 1.807) is 12.4 Å². The van der Waals surface area contributed by atoms with Crippen molar-refractivity contribution in [2.75, 3.05) is 23.7 Å². The van der Waals surface area contributed by atoms with Gasteiger partial charge in [-0.25, -0.2) is 9.97 Å². The number of benzene rings is 2. The number of rotatable bonds is 9. The topological polar surface area (TPSA) is 99.3 Å². The van der Waals surface area contributed by atoms with E-state index in [-0.39, 0.29) is 0 Å². The second-order valence-electron chi connectivity index (χ2n) is 6.57. The summed E-state index contributed by atoms with van der Waals surface area (Å²) >= 11 is 2.92. The van der Waals surface area contributed by atoms with Crippen molar-refractivity contribution >= 4 is 55.7 Å². The molecule has 0 saturated heterocycles. The van der Waals surface area contributed by atoms with Crippen LogP contribution in [-0.4, -0.2) is 23.1 Å². The van der Waals surface area contributed by atoms with Gasteiger partial charge in [-0.15, -0.1) is 20.5 Å². The predicted molar refractivity (Wildman–Crippen MR) is 133 cm³/mol. The Labute approximate surface area is 194 Å². The molecule has 0 spiro atoms. The van der Waals surface area contributed by atoms with Crippen LogP contribution in [0.2, 0.25) is 0 Å². The summed E-state index contributed by atoms with van der Waals surface area (Å²) in [4.78, 5) is 10.6. The maximum absolute atomic E-state index is 4.35. The molecule has 4 rings (SSSR count). The summed E-state index contributed by atoms with van der Waals surface area (Å²) in [5.74, 6) is 0. The third-order valence-electron chi connectivity index (χ3n) is 4.23. The molecule has 0 radical (unpaired) electrons. The van der Waals surface area contributed by atoms with Crippen molar-refractivity contribution in [3.8, 4) is 9.75 Å². The van der Waals surface area contributed by atoms with Gasteiger partial charge in [-0.2, -0.15) is 0 Å². The second kappa shape index (κ2) is 10.7. The zero-order chi connectivity index (χ0) is 22.2. The Morgan fingerprint density at radius 3 is 1.41 bits per heavy atom. The van der Waals surface area contributed by atoms with Gasteiger partial charge in [-0.05, 0) is 62.4 Å². The molecule has 0 aliphatic carbocycles. The van der Waals surface area contributed by atoms with E-state index in [4.69, 9.17) is 0 Å². The zero-order valence-corrected chi connectivity index (χ0v) is 19.3. The van der Waals surface area contributed by atoms with Crippen LogP contribution in [0.25, 0.3) is 9.75 Å². The minimum Gasteiger partial charge on any atom is -0.385 e. The maximum Gasteiger partial charge on any atom is 0.230 e. The lowest BCUT2D eigenvalue weighted by Crippen LogP contribution is -1.94. The molecule has 10 heteroatoms. The summed E-state index contributed by atoms with van der Waals surface area (Å²) in [6.07, 6.45) is 3.56. The number of thiazole rings is 2. The van der Waals surface area contributed by atoms with Gasteiger partial charge in [0.15, 0.2) is 0 Å². The van der Waals surface area contributed by atoms with Crippen LogP contribution in [0.3, 0.4) is 0 Å². The van der Waals surface area contributed by atoms with Crippen LogP contribution in [0.4, 0.5) is 33.0 Å². The quantitative estimate of drug-likeness (QED) is 0.246. The standard InChI is InChI=1S/C22H22N8S2/c1-3-23-15-5-9-17(10-6-15)27-29-21-25-13-19(31-21)20-14-26-22(32-20)30-28-18-11-7-16(8-12-18)24-4-2/h5-14,23-24H,3-4H2,1-2H3/b29-27+,30-28+. The molecule has 0 aliphatic rings. The highest BCUT2D eigenvalue weighted by molar-refractivity contribution is 7.25. The number of nitrogens with one attached hydrogen (secondary N) is 2. The van der Waals surface area contributed by atoms with E-state index in [9.17, 15) is 0 Å². The van der Waals surface area contributed by atoms with Crippen LogP contribution in [0.1, 0.15) is 13.8 Å². The van der Waals surface area contributed by atoms with Gasteiger partial charge in [-0.3, -0.25) is 0 Å². The molecule has 0 unspecified atom stereocenters. The largest absolute Gasteiger partial charge is 0.385 e. The fourth-order valence-electron chi connectivity index (χ4n) is 2.75. The van der Waals surface area contributed by atoms with E-state index >= 15 is 0 Å². The molecule has 0 bridgehead atoms. The number of hydrogen-bond donors (Lipinski definition) is 2. The first kappa shape index (κ1) is 21.7. The van der Waals surface area contributed by atoms with Crippen LogP contribution in [0.15, 0.2) is 81.4 Å². The molecule has 0 fully saturated rings. The summed E-state index contributed by atoms with van der Waals surface area (Å²) in [6, 6.07) is 15.6. The first-order valence-corrected chi connectivity index (χ1v) is 11.8. The van der Waals surface area contributed by atoms with Crippen molar-refractivity contribution in [1.82, 2.24) is 9.97 Å². The van der Waals surface area contributed by atoms with Crippen LogP contribution in [-0.2, 0) is 0 Å². The zero-order valence-electron chi connectivity index (χ0n) is 17.7. The molecular weight excluding hydrogens is 440 g/mol. The summed E-state index contributed by atoms with van der Waals surface area (Å²) in [7, 11) is 0. The molecule has 0 aliphatic heterocycles. The molecule has 4 aromatic rings.